The molecular weight excluding hydrogens is 372 g/mol. The van der Waals surface area contributed by atoms with Crippen LogP contribution in [0, 0.1) is 13.8 Å². The Bertz CT molecular complexity index is 1000. The SMILES string of the molecule is Cc1sc2nc(CSc3n[nH]c(=O)n3CC3CCCO3)nc(N)c2c1C. The Hall–Kier alpha value is -1.91. The summed E-state index contributed by atoms with van der Waals surface area (Å²) >= 11 is 3.05. The molecule has 4 rings (SSSR count). The van der Waals surface area contributed by atoms with E-state index >= 15 is 0 Å². The molecule has 1 atom stereocenters. The van der Waals surface area contributed by atoms with Gasteiger partial charge in [0.25, 0.3) is 0 Å². The zero-order valence-electron chi connectivity index (χ0n) is 14.6. The lowest BCUT2D eigenvalue weighted by atomic mass is 10.2. The quantitative estimate of drug-likeness (QED) is 0.640. The van der Waals surface area contributed by atoms with Crippen LogP contribution in [0.1, 0.15) is 29.1 Å². The zero-order chi connectivity index (χ0) is 18.3. The predicted molar refractivity (Wildman–Crippen MR) is 103 cm³/mol. The molecule has 3 aromatic rings. The third-order valence-corrected chi connectivity index (χ3v) is 6.64. The molecule has 1 aliphatic rings. The topological polar surface area (TPSA) is 112 Å². The van der Waals surface area contributed by atoms with Gasteiger partial charge in [0.1, 0.15) is 16.5 Å². The van der Waals surface area contributed by atoms with Crippen LogP contribution in [0.4, 0.5) is 5.82 Å². The van der Waals surface area contributed by atoms with Crippen molar-refractivity contribution in [2.24, 2.45) is 0 Å². The molecule has 1 saturated heterocycles. The van der Waals surface area contributed by atoms with Gasteiger partial charge in [0, 0.05) is 11.5 Å². The van der Waals surface area contributed by atoms with Crippen molar-refractivity contribution in [3.05, 3.63) is 26.7 Å². The number of rotatable bonds is 5. The minimum Gasteiger partial charge on any atom is -0.383 e. The number of nitrogens with zero attached hydrogens (tertiary/aromatic N) is 4. The molecule has 0 saturated carbocycles. The maximum absolute atomic E-state index is 12.0. The van der Waals surface area contributed by atoms with Crippen LogP contribution in [0.15, 0.2) is 9.95 Å². The van der Waals surface area contributed by atoms with Crippen LogP contribution in [-0.2, 0) is 17.0 Å². The van der Waals surface area contributed by atoms with Gasteiger partial charge in [0.15, 0.2) is 5.16 Å². The summed E-state index contributed by atoms with van der Waals surface area (Å²) in [7, 11) is 0. The van der Waals surface area contributed by atoms with Crippen LogP contribution in [-0.4, -0.2) is 37.4 Å². The van der Waals surface area contributed by atoms with Gasteiger partial charge < -0.3 is 10.5 Å². The standard InChI is InChI=1S/C16H20N6O2S2/c1-8-9(2)26-14-12(8)13(17)18-11(19-14)7-25-16-21-20-15(23)22(16)6-10-4-3-5-24-10/h10H,3-7H2,1-2H3,(H,20,23)(H2,17,18,19). The smallest absolute Gasteiger partial charge is 0.344 e. The van der Waals surface area contributed by atoms with Crippen LogP contribution in [0.5, 0.6) is 0 Å². The average Bonchev–Trinajstić information content (AvgIpc) is 3.30. The highest BCUT2D eigenvalue weighted by Gasteiger charge is 2.20. The Labute approximate surface area is 158 Å². The molecule has 1 fully saturated rings. The summed E-state index contributed by atoms with van der Waals surface area (Å²) in [6.07, 6.45) is 2.08. The molecule has 26 heavy (non-hydrogen) atoms. The van der Waals surface area contributed by atoms with E-state index in [1.807, 2.05) is 6.92 Å². The van der Waals surface area contributed by atoms with Crippen molar-refractivity contribution < 1.29 is 4.74 Å². The Morgan fingerprint density at radius 3 is 3.04 bits per heavy atom. The van der Waals surface area contributed by atoms with E-state index in [0.29, 0.717) is 29.1 Å². The Kier molecular flexibility index (Phi) is 4.72. The molecule has 8 nitrogen and oxygen atoms in total. The number of hydrogen-bond acceptors (Lipinski definition) is 8. The second-order valence-electron chi connectivity index (χ2n) is 6.33. The van der Waals surface area contributed by atoms with E-state index in [4.69, 9.17) is 10.5 Å². The normalized spacial score (nSPS) is 17.4. The monoisotopic (exact) mass is 392 g/mol. The fraction of sp³-hybridized carbons (Fsp3) is 0.500. The highest BCUT2D eigenvalue weighted by Crippen LogP contribution is 2.32. The summed E-state index contributed by atoms with van der Waals surface area (Å²) < 4.78 is 7.25. The molecule has 0 radical (unpaired) electrons. The lowest BCUT2D eigenvalue weighted by Gasteiger charge is -2.10. The van der Waals surface area contributed by atoms with Crippen molar-refractivity contribution in [3.63, 3.8) is 0 Å². The molecular formula is C16H20N6O2S2. The Balaban J connectivity index is 1.54. The van der Waals surface area contributed by atoms with E-state index in [1.54, 1.807) is 15.9 Å². The number of aromatic nitrogens is 5. The predicted octanol–water partition coefficient (Wildman–Crippen LogP) is 2.25. The van der Waals surface area contributed by atoms with Gasteiger partial charge in [-0.25, -0.2) is 19.9 Å². The highest BCUT2D eigenvalue weighted by molar-refractivity contribution is 7.98. The molecule has 0 amide bonds. The van der Waals surface area contributed by atoms with E-state index in [9.17, 15) is 4.79 Å². The Morgan fingerprint density at radius 2 is 2.27 bits per heavy atom. The second-order valence-corrected chi connectivity index (χ2v) is 8.48. The minimum atomic E-state index is -0.219. The largest absolute Gasteiger partial charge is 0.383 e. The third kappa shape index (κ3) is 3.24. The van der Waals surface area contributed by atoms with Crippen molar-refractivity contribution in [1.82, 2.24) is 24.7 Å². The number of hydrogen-bond donors (Lipinski definition) is 2. The lowest BCUT2D eigenvalue weighted by molar-refractivity contribution is 0.0941. The summed E-state index contributed by atoms with van der Waals surface area (Å²) in [4.78, 5) is 23.2. The fourth-order valence-corrected chi connectivity index (χ4v) is 4.95. The number of H-pyrrole nitrogens is 1. The number of fused-ring (bicyclic) bond motifs is 1. The molecule has 1 unspecified atom stereocenters. The average molecular weight is 393 g/mol. The number of ether oxygens (including phenoxy) is 1. The number of nitrogens with two attached hydrogens (primary N) is 1. The van der Waals surface area contributed by atoms with Gasteiger partial charge in [-0.1, -0.05) is 11.8 Å². The zero-order valence-corrected chi connectivity index (χ0v) is 16.2. The molecule has 1 aliphatic heterocycles. The van der Waals surface area contributed by atoms with Crippen molar-refractivity contribution in [2.45, 2.75) is 50.2 Å². The molecule has 138 valence electrons. The van der Waals surface area contributed by atoms with Crippen LogP contribution in [0.3, 0.4) is 0 Å². The third-order valence-electron chi connectivity index (χ3n) is 4.57. The lowest BCUT2D eigenvalue weighted by Crippen LogP contribution is -2.25. The van der Waals surface area contributed by atoms with Crippen LogP contribution < -0.4 is 11.4 Å². The summed E-state index contributed by atoms with van der Waals surface area (Å²) in [6, 6.07) is 0. The first-order chi connectivity index (χ1) is 12.5. The van der Waals surface area contributed by atoms with Crippen LogP contribution >= 0.6 is 23.1 Å². The fourth-order valence-electron chi connectivity index (χ4n) is 3.09. The van der Waals surface area contributed by atoms with Gasteiger partial charge >= 0.3 is 5.69 Å². The van der Waals surface area contributed by atoms with Crippen LogP contribution in [0.25, 0.3) is 10.2 Å². The van der Waals surface area contributed by atoms with Crippen molar-refractivity contribution >= 4 is 39.1 Å². The summed E-state index contributed by atoms with van der Waals surface area (Å²) in [5, 5.41) is 8.20. The first-order valence-electron chi connectivity index (χ1n) is 8.44. The van der Waals surface area contributed by atoms with Gasteiger partial charge in [-0.2, -0.15) is 0 Å². The van der Waals surface area contributed by atoms with E-state index in [-0.39, 0.29) is 11.8 Å². The summed E-state index contributed by atoms with van der Waals surface area (Å²) in [5.74, 6) is 1.64. The van der Waals surface area contributed by atoms with Gasteiger partial charge in [-0.15, -0.1) is 16.4 Å². The molecule has 0 bridgehead atoms. The molecule has 0 aliphatic carbocycles. The van der Waals surface area contributed by atoms with E-state index in [0.717, 1.165) is 35.2 Å². The first-order valence-corrected chi connectivity index (χ1v) is 10.2. The van der Waals surface area contributed by atoms with Gasteiger partial charge in [0.05, 0.1) is 23.8 Å². The molecule has 3 aromatic heterocycles. The first kappa shape index (κ1) is 17.5. The number of nitrogens with one attached hydrogen (secondary N) is 1. The number of thioether (sulfide) groups is 1. The highest BCUT2D eigenvalue weighted by atomic mass is 32.2. The molecule has 0 aromatic carbocycles. The maximum Gasteiger partial charge on any atom is 0.344 e. The van der Waals surface area contributed by atoms with Crippen LogP contribution in [0.2, 0.25) is 0 Å². The number of anilines is 1. The summed E-state index contributed by atoms with van der Waals surface area (Å²) in [5.41, 5.74) is 7.06. The molecule has 10 heteroatoms. The van der Waals surface area contributed by atoms with Gasteiger partial charge in [-0.05, 0) is 32.3 Å². The van der Waals surface area contributed by atoms with E-state index in [1.165, 1.54) is 16.6 Å². The van der Waals surface area contributed by atoms with E-state index < -0.39 is 0 Å². The van der Waals surface area contributed by atoms with Crippen molar-refractivity contribution in [1.29, 1.82) is 0 Å². The van der Waals surface area contributed by atoms with Gasteiger partial charge in [0.2, 0.25) is 0 Å². The van der Waals surface area contributed by atoms with Gasteiger partial charge in [-0.3, -0.25) is 4.57 Å². The number of nitrogen functional groups attached to an aromatic ring is 1. The number of aromatic amines is 1. The summed E-state index contributed by atoms with van der Waals surface area (Å²) in [6.45, 7) is 5.37. The van der Waals surface area contributed by atoms with E-state index in [2.05, 4.69) is 27.1 Å². The molecule has 3 N–H and O–H groups in total. The Morgan fingerprint density at radius 1 is 1.42 bits per heavy atom. The number of thiophene rings is 1. The van der Waals surface area contributed by atoms with Crippen molar-refractivity contribution in [3.8, 4) is 0 Å². The molecule has 4 heterocycles. The second kappa shape index (κ2) is 7.01. The minimum absolute atomic E-state index is 0.0740. The maximum atomic E-state index is 12.0. The number of aryl methyl sites for hydroxylation is 2. The van der Waals surface area contributed by atoms with Crippen molar-refractivity contribution in [2.75, 3.05) is 12.3 Å². The molecule has 0 spiro atoms.